The number of hydrogen-bond acceptors (Lipinski definition) is 4. The van der Waals surface area contributed by atoms with Crippen LogP contribution in [0.1, 0.15) is 40.4 Å². The predicted molar refractivity (Wildman–Crippen MR) is 93.1 cm³/mol. The highest BCUT2D eigenvalue weighted by Gasteiger charge is 2.20. The number of ether oxygens (including phenoxy) is 1. The van der Waals surface area contributed by atoms with E-state index in [4.69, 9.17) is 10.00 Å². The first-order valence-corrected chi connectivity index (χ1v) is 8.20. The molecule has 0 radical (unpaired) electrons. The van der Waals surface area contributed by atoms with Crippen LogP contribution in [-0.4, -0.2) is 18.0 Å². The van der Waals surface area contributed by atoms with Gasteiger partial charge in [0, 0.05) is 5.69 Å². The molecule has 0 spiro atoms. The van der Waals surface area contributed by atoms with Crippen molar-refractivity contribution in [1.29, 1.82) is 5.26 Å². The summed E-state index contributed by atoms with van der Waals surface area (Å²) in [5, 5.41) is 11.4. The van der Waals surface area contributed by atoms with Gasteiger partial charge in [0.15, 0.2) is 6.10 Å². The standard InChI is InChI=1S/C20H18N2O3/c1-13(19(23)22-18-9-5-14(12-21)6-10-18)25-20(24)17-8-7-15-3-2-4-16(15)11-17/h5-11,13H,2-4H2,1H3,(H,22,23)/t13-/m1/s1. The van der Waals surface area contributed by atoms with Gasteiger partial charge in [-0.25, -0.2) is 4.79 Å². The molecule has 2 aromatic rings. The molecule has 0 saturated heterocycles. The summed E-state index contributed by atoms with van der Waals surface area (Å²) in [6.07, 6.45) is 2.22. The summed E-state index contributed by atoms with van der Waals surface area (Å²) in [6, 6.07) is 14.1. The van der Waals surface area contributed by atoms with Gasteiger partial charge >= 0.3 is 5.97 Å². The van der Waals surface area contributed by atoms with Crippen LogP contribution in [0.2, 0.25) is 0 Å². The smallest absolute Gasteiger partial charge is 0.338 e. The highest BCUT2D eigenvalue weighted by molar-refractivity contribution is 5.97. The Balaban J connectivity index is 1.60. The number of fused-ring (bicyclic) bond motifs is 1. The Hall–Kier alpha value is -3.13. The fourth-order valence-electron chi connectivity index (χ4n) is 2.85. The first kappa shape index (κ1) is 16.7. The molecule has 2 aromatic carbocycles. The van der Waals surface area contributed by atoms with Gasteiger partial charge in [0.2, 0.25) is 0 Å². The molecule has 1 aliphatic carbocycles. The Morgan fingerprint density at radius 3 is 2.56 bits per heavy atom. The number of nitrogens with one attached hydrogen (secondary N) is 1. The number of aryl methyl sites for hydroxylation is 2. The Kier molecular flexibility index (Phi) is 4.80. The van der Waals surface area contributed by atoms with Gasteiger partial charge in [0.05, 0.1) is 17.2 Å². The minimum atomic E-state index is -0.920. The molecule has 0 heterocycles. The molecule has 5 heteroatoms. The van der Waals surface area contributed by atoms with Crippen LogP contribution < -0.4 is 5.32 Å². The minimum absolute atomic E-state index is 0.417. The van der Waals surface area contributed by atoms with E-state index in [9.17, 15) is 9.59 Å². The maximum absolute atomic E-state index is 12.3. The van der Waals surface area contributed by atoms with Crippen LogP contribution in [0.4, 0.5) is 5.69 Å². The number of benzene rings is 2. The number of esters is 1. The SMILES string of the molecule is C[C@@H](OC(=O)c1ccc2c(c1)CCC2)C(=O)Nc1ccc(C#N)cc1. The van der Waals surface area contributed by atoms with Gasteiger partial charge in [-0.15, -0.1) is 0 Å². The van der Waals surface area contributed by atoms with E-state index in [-0.39, 0.29) is 0 Å². The molecule has 1 aliphatic rings. The molecule has 1 atom stereocenters. The Labute approximate surface area is 146 Å². The quantitative estimate of drug-likeness (QED) is 0.871. The van der Waals surface area contributed by atoms with Crippen molar-refractivity contribution in [3.63, 3.8) is 0 Å². The lowest BCUT2D eigenvalue weighted by Gasteiger charge is -2.14. The summed E-state index contributed by atoms with van der Waals surface area (Å²) in [5.41, 5.74) is 3.99. The summed E-state index contributed by atoms with van der Waals surface area (Å²) in [5.74, 6) is -0.920. The van der Waals surface area contributed by atoms with Crippen molar-refractivity contribution in [1.82, 2.24) is 0 Å². The molecule has 0 aliphatic heterocycles. The lowest BCUT2D eigenvalue weighted by Crippen LogP contribution is -2.30. The lowest BCUT2D eigenvalue weighted by molar-refractivity contribution is -0.123. The molecular formula is C20H18N2O3. The second-order valence-corrected chi connectivity index (χ2v) is 6.06. The molecular weight excluding hydrogens is 316 g/mol. The molecule has 3 rings (SSSR count). The number of carbonyl (C=O) groups is 2. The van der Waals surface area contributed by atoms with Gasteiger partial charge in [0.25, 0.3) is 5.91 Å². The Morgan fingerprint density at radius 2 is 1.84 bits per heavy atom. The van der Waals surface area contributed by atoms with Crippen molar-refractivity contribution < 1.29 is 14.3 Å². The monoisotopic (exact) mass is 334 g/mol. The number of hydrogen-bond donors (Lipinski definition) is 1. The Morgan fingerprint density at radius 1 is 1.12 bits per heavy atom. The summed E-state index contributed by atoms with van der Waals surface area (Å²) in [4.78, 5) is 24.4. The third kappa shape index (κ3) is 3.86. The maximum Gasteiger partial charge on any atom is 0.338 e. The van der Waals surface area contributed by atoms with Gasteiger partial charge in [-0.2, -0.15) is 5.26 Å². The first-order valence-electron chi connectivity index (χ1n) is 8.20. The number of nitriles is 1. The molecule has 0 saturated carbocycles. The van der Waals surface area contributed by atoms with E-state index >= 15 is 0 Å². The third-order valence-electron chi connectivity index (χ3n) is 4.27. The fourth-order valence-corrected chi connectivity index (χ4v) is 2.85. The van der Waals surface area contributed by atoms with Crippen molar-refractivity contribution in [2.75, 3.05) is 5.32 Å². The number of anilines is 1. The van der Waals surface area contributed by atoms with E-state index < -0.39 is 18.0 Å². The van der Waals surface area contributed by atoms with Gasteiger partial charge in [-0.1, -0.05) is 6.07 Å². The molecule has 25 heavy (non-hydrogen) atoms. The normalized spacial score (nSPS) is 13.4. The average Bonchev–Trinajstić information content (AvgIpc) is 3.09. The van der Waals surface area contributed by atoms with Crippen molar-refractivity contribution in [2.45, 2.75) is 32.3 Å². The zero-order valence-electron chi connectivity index (χ0n) is 13.9. The summed E-state index contributed by atoms with van der Waals surface area (Å²) < 4.78 is 5.27. The van der Waals surface area contributed by atoms with E-state index in [1.165, 1.54) is 18.1 Å². The van der Waals surface area contributed by atoms with Gasteiger partial charge < -0.3 is 10.1 Å². The third-order valence-corrected chi connectivity index (χ3v) is 4.27. The topological polar surface area (TPSA) is 79.2 Å². The van der Waals surface area contributed by atoms with Crippen LogP contribution in [0.3, 0.4) is 0 Å². The molecule has 126 valence electrons. The molecule has 0 aromatic heterocycles. The van der Waals surface area contributed by atoms with Crippen LogP contribution in [0.25, 0.3) is 0 Å². The van der Waals surface area contributed by atoms with Gasteiger partial charge in [-0.05, 0) is 73.7 Å². The first-order chi connectivity index (χ1) is 12.1. The van der Waals surface area contributed by atoms with Crippen molar-refractivity contribution in [3.8, 4) is 6.07 Å². The van der Waals surface area contributed by atoms with E-state index in [0.29, 0.717) is 16.8 Å². The predicted octanol–water partition coefficient (Wildman–Crippen LogP) is 3.23. The number of nitrogens with zero attached hydrogens (tertiary/aromatic N) is 1. The summed E-state index contributed by atoms with van der Waals surface area (Å²) in [7, 11) is 0. The van der Waals surface area contributed by atoms with E-state index in [2.05, 4.69) is 5.32 Å². The number of carbonyl (C=O) groups excluding carboxylic acids is 2. The fraction of sp³-hybridized carbons (Fsp3) is 0.250. The zero-order chi connectivity index (χ0) is 17.8. The second kappa shape index (κ2) is 7.18. The number of rotatable bonds is 4. The van der Waals surface area contributed by atoms with Crippen LogP contribution in [0.5, 0.6) is 0 Å². The average molecular weight is 334 g/mol. The van der Waals surface area contributed by atoms with E-state index in [1.807, 2.05) is 18.2 Å². The zero-order valence-corrected chi connectivity index (χ0v) is 13.9. The van der Waals surface area contributed by atoms with Crippen molar-refractivity contribution in [2.24, 2.45) is 0 Å². The van der Waals surface area contributed by atoms with Crippen molar-refractivity contribution in [3.05, 3.63) is 64.7 Å². The molecule has 0 unspecified atom stereocenters. The van der Waals surface area contributed by atoms with Crippen molar-refractivity contribution >= 4 is 17.6 Å². The molecule has 0 fully saturated rings. The van der Waals surface area contributed by atoms with Crippen LogP contribution in [-0.2, 0) is 22.4 Å². The largest absolute Gasteiger partial charge is 0.449 e. The molecule has 5 nitrogen and oxygen atoms in total. The van der Waals surface area contributed by atoms with E-state index in [0.717, 1.165) is 19.3 Å². The molecule has 0 bridgehead atoms. The second-order valence-electron chi connectivity index (χ2n) is 6.06. The molecule has 1 amide bonds. The summed E-state index contributed by atoms with van der Waals surface area (Å²) in [6.45, 7) is 1.53. The van der Waals surface area contributed by atoms with Crippen LogP contribution in [0, 0.1) is 11.3 Å². The van der Waals surface area contributed by atoms with Crippen LogP contribution in [0.15, 0.2) is 42.5 Å². The highest BCUT2D eigenvalue weighted by Crippen LogP contribution is 2.23. The van der Waals surface area contributed by atoms with E-state index in [1.54, 1.807) is 30.3 Å². The van der Waals surface area contributed by atoms with Crippen LogP contribution >= 0.6 is 0 Å². The minimum Gasteiger partial charge on any atom is -0.449 e. The van der Waals surface area contributed by atoms with Gasteiger partial charge in [0.1, 0.15) is 0 Å². The molecule has 1 N–H and O–H groups in total. The number of amides is 1. The lowest BCUT2D eigenvalue weighted by atomic mass is 10.1. The van der Waals surface area contributed by atoms with Gasteiger partial charge in [-0.3, -0.25) is 4.79 Å². The Bertz CT molecular complexity index is 850. The maximum atomic E-state index is 12.3. The summed E-state index contributed by atoms with van der Waals surface area (Å²) >= 11 is 0. The highest BCUT2D eigenvalue weighted by atomic mass is 16.5.